The molecule has 3 N–H and O–H groups in total. The minimum atomic E-state index is -0.444. The van der Waals surface area contributed by atoms with Crippen LogP contribution < -0.4 is 16.0 Å². The van der Waals surface area contributed by atoms with E-state index in [1.165, 1.54) is 6.07 Å². The summed E-state index contributed by atoms with van der Waals surface area (Å²) in [5, 5.41) is 2.68. The van der Waals surface area contributed by atoms with Gasteiger partial charge in [-0.05, 0) is 42.0 Å². The summed E-state index contributed by atoms with van der Waals surface area (Å²) in [4.78, 5) is 13.9. The highest BCUT2D eigenvalue weighted by atomic mass is 127. The number of amides is 1. The van der Waals surface area contributed by atoms with Crippen LogP contribution in [-0.4, -0.2) is 26.0 Å². The van der Waals surface area contributed by atoms with Crippen LogP contribution in [0.1, 0.15) is 13.3 Å². The number of benzene rings is 1. The number of nitrogens with one attached hydrogen (secondary N) is 1. The molecule has 0 spiro atoms. The first-order valence-corrected chi connectivity index (χ1v) is 7.17. The molecule has 104 valence electrons. The fourth-order valence-electron chi connectivity index (χ4n) is 2.48. The molecule has 1 unspecified atom stereocenters. The average molecular weight is 377 g/mol. The fraction of sp³-hybridized carbons (Fsp3) is 0.462. The Kier molecular flexibility index (Phi) is 3.89. The summed E-state index contributed by atoms with van der Waals surface area (Å²) < 4.78 is 14.2. The topological polar surface area (TPSA) is 58.4 Å². The van der Waals surface area contributed by atoms with Crippen molar-refractivity contribution in [2.75, 3.05) is 30.8 Å². The molecular weight excluding hydrogens is 360 g/mol. The molecule has 2 rings (SSSR count). The fourth-order valence-corrected chi connectivity index (χ4v) is 2.97. The second-order valence-corrected chi connectivity index (χ2v) is 6.30. The molecule has 4 nitrogen and oxygen atoms in total. The molecular formula is C13H17FIN3O. The summed E-state index contributed by atoms with van der Waals surface area (Å²) >= 11 is 1.92. The highest BCUT2D eigenvalue weighted by Crippen LogP contribution is 2.36. The lowest BCUT2D eigenvalue weighted by Crippen LogP contribution is -2.39. The summed E-state index contributed by atoms with van der Waals surface area (Å²) in [6, 6.07) is 3.08. The number of nitrogens with zero attached hydrogens (tertiary/aromatic N) is 1. The van der Waals surface area contributed by atoms with Gasteiger partial charge in [-0.2, -0.15) is 0 Å². The van der Waals surface area contributed by atoms with Crippen LogP contribution in [0.25, 0.3) is 0 Å². The van der Waals surface area contributed by atoms with Crippen molar-refractivity contribution in [2.24, 2.45) is 5.41 Å². The molecule has 1 aromatic rings. The van der Waals surface area contributed by atoms with E-state index in [0.717, 1.165) is 6.42 Å². The minimum Gasteiger partial charge on any atom is -0.397 e. The minimum absolute atomic E-state index is 0.0135. The molecule has 0 bridgehead atoms. The molecule has 0 radical (unpaired) electrons. The number of hydrogen-bond acceptors (Lipinski definition) is 3. The van der Waals surface area contributed by atoms with Gasteiger partial charge >= 0.3 is 0 Å². The number of carbonyl (C=O) groups is 1. The Balaban J connectivity index is 2.26. The van der Waals surface area contributed by atoms with E-state index in [1.807, 2.05) is 34.4 Å². The lowest BCUT2D eigenvalue weighted by Gasteiger charge is -2.25. The molecule has 1 aliphatic rings. The zero-order chi connectivity index (χ0) is 14.2. The van der Waals surface area contributed by atoms with E-state index >= 15 is 0 Å². The van der Waals surface area contributed by atoms with Crippen molar-refractivity contribution in [3.8, 4) is 0 Å². The van der Waals surface area contributed by atoms with Gasteiger partial charge in [-0.25, -0.2) is 4.39 Å². The van der Waals surface area contributed by atoms with Crippen LogP contribution in [0.5, 0.6) is 0 Å². The second kappa shape index (κ2) is 5.15. The van der Waals surface area contributed by atoms with E-state index in [2.05, 4.69) is 5.32 Å². The predicted molar refractivity (Wildman–Crippen MR) is 82.5 cm³/mol. The molecule has 1 aromatic carbocycles. The Labute approximate surface area is 125 Å². The summed E-state index contributed by atoms with van der Waals surface area (Å²) in [7, 11) is 1.63. The molecule has 1 atom stereocenters. The van der Waals surface area contributed by atoms with Gasteiger partial charge in [-0.15, -0.1) is 0 Å². The predicted octanol–water partition coefficient (Wildman–Crippen LogP) is 1.97. The average Bonchev–Trinajstić information content (AvgIpc) is 2.76. The Hall–Kier alpha value is -1.05. The quantitative estimate of drug-likeness (QED) is 0.612. The molecule has 1 aliphatic heterocycles. The highest BCUT2D eigenvalue weighted by Gasteiger charge is 2.40. The Morgan fingerprint density at radius 1 is 1.58 bits per heavy atom. The van der Waals surface area contributed by atoms with E-state index < -0.39 is 5.41 Å². The molecule has 1 saturated heterocycles. The van der Waals surface area contributed by atoms with Crippen molar-refractivity contribution in [1.82, 2.24) is 5.32 Å². The number of carbonyl (C=O) groups excluding carboxylic acids is 1. The zero-order valence-corrected chi connectivity index (χ0v) is 13.1. The zero-order valence-electron chi connectivity index (χ0n) is 11.0. The smallest absolute Gasteiger partial charge is 0.227 e. The molecule has 0 saturated carbocycles. The van der Waals surface area contributed by atoms with Gasteiger partial charge in [0.1, 0.15) is 5.82 Å². The molecule has 1 heterocycles. The number of rotatable bonds is 2. The third-order valence-corrected chi connectivity index (χ3v) is 4.49. The third-order valence-electron chi connectivity index (χ3n) is 3.66. The maximum atomic E-state index is 13.7. The number of nitrogen functional groups attached to an aromatic ring is 1. The van der Waals surface area contributed by atoms with Crippen molar-refractivity contribution < 1.29 is 9.18 Å². The lowest BCUT2D eigenvalue weighted by atomic mass is 9.89. The van der Waals surface area contributed by atoms with Crippen LogP contribution in [0, 0.1) is 14.8 Å². The van der Waals surface area contributed by atoms with E-state index in [4.69, 9.17) is 5.73 Å². The largest absolute Gasteiger partial charge is 0.397 e. The molecule has 6 heteroatoms. The van der Waals surface area contributed by atoms with Crippen LogP contribution in [0.2, 0.25) is 0 Å². The van der Waals surface area contributed by atoms with Crippen molar-refractivity contribution in [3.63, 3.8) is 0 Å². The van der Waals surface area contributed by atoms with Gasteiger partial charge in [-0.1, -0.05) is 0 Å². The summed E-state index contributed by atoms with van der Waals surface area (Å²) in [6.07, 6.45) is 0.736. The lowest BCUT2D eigenvalue weighted by molar-refractivity contribution is -0.128. The van der Waals surface area contributed by atoms with E-state index in [9.17, 15) is 9.18 Å². The van der Waals surface area contributed by atoms with E-state index in [0.29, 0.717) is 28.0 Å². The molecule has 0 aromatic heterocycles. The number of halogens is 2. The maximum absolute atomic E-state index is 13.7. The van der Waals surface area contributed by atoms with Crippen LogP contribution >= 0.6 is 22.6 Å². The van der Waals surface area contributed by atoms with Gasteiger partial charge < -0.3 is 16.0 Å². The van der Waals surface area contributed by atoms with Crippen LogP contribution in [0.3, 0.4) is 0 Å². The second-order valence-electron chi connectivity index (χ2n) is 5.14. The SMILES string of the molecule is CNC(=O)C1(C)CCN(c2cc(F)c(I)cc2N)C1. The van der Waals surface area contributed by atoms with Gasteiger partial charge in [0.25, 0.3) is 0 Å². The summed E-state index contributed by atoms with van der Waals surface area (Å²) in [5.74, 6) is -0.266. The van der Waals surface area contributed by atoms with Crippen molar-refractivity contribution >= 4 is 39.9 Å². The van der Waals surface area contributed by atoms with Crippen molar-refractivity contribution in [2.45, 2.75) is 13.3 Å². The van der Waals surface area contributed by atoms with Gasteiger partial charge in [0.05, 0.1) is 20.4 Å². The maximum Gasteiger partial charge on any atom is 0.227 e. The summed E-state index contributed by atoms with van der Waals surface area (Å²) in [5.41, 5.74) is 6.73. The van der Waals surface area contributed by atoms with E-state index in [1.54, 1.807) is 13.1 Å². The van der Waals surface area contributed by atoms with Crippen LogP contribution in [0.4, 0.5) is 15.8 Å². The first-order chi connectivity index (χ1) is 8.87. The van der Waals surface area contributed by atoms with E-state index in [-0.39, 0.29) is 11.7 Å². The van der Waals surface area contributed by atoms with Crippen molar-refractivity contribution in [1.29, 1.82) is 0 Å². The van der Waals surface area contributed by atoms with Crippen molar-refractivity contribution in [3.05, 3.63) is 21.5 Å². The standard InChI is InChI=1S/C13H17FIN3O/c1-13(12(19)17-2)3-4-18(7-13)11-5-8(14)9(15)6-10(11)16/h5-6H,3-4,7,16H2,1-2H3,(H,17,19). The normalized spacial score (nSPS) is 22.6. The molecule has 1 fully saturated rings. The molecule has 1 amide bonds. The summed E-state index contributed by atoms with van der Waals surface area (Å²) in [6.45, 7) is 3.18. The first kappa shape index (κ1) is 14.4. The monoisotopic (exact) mass is 377 g/mol. The Morgan fingerprint density at radius 2 is 2.26 bits per heavy atom. The highest BCUT2D eigenvalue weighted by molar-refractivity contribution is 14.1. The number of nitrogens with two attached hydrogens (primary N) is 1. The van der Waals surface area contributed by atoms with Gasteiger partial charge in [-0.3, -0.25) is 4.79 Å². The molecule has 19 heavy (non-hydrogen) atoms. The Morgan fingerprint density at radius 3 is 2.89 bits per heavy atom. The third kappa shape index (κ3) is 2.63. The van der Waals surface area contributed by atoms with Gasteiger partial charge in [0, 0.05) is 26.2 Å². The van der Waals surface area contributed by atoms with Crippen LogP contribution in [0.15, 0.2) is 12.1 Å². The van der Waals surface area contributed by atoms with Gasteiger partial charge in [0.2, 0.25) is 5.91 Å². The Bertz CT molecular complexity index is 523. The van der Waals surface area contributed by atoms with Gasteiger partial charge in [0.15, 0.2) is 0 Å². The number of hydrogen-bond donors (Lipinski definition) is 2. The van der Waals surface area contributed by atoms with Crippen LogP contribution in [-0.2, 0) is 4.79 Å². The molecule has 0 aliphatic carbocycles. The number of anilines is 2. The first-order valence-electron chi connectivity index (χ1n) is 6.09.